The zero-order valence-electron chi connectivity index (χ0n) is 11.1. The maximum Gasteiger partial charge on any atom is 0.258 e. The zero-order chi connectivity index (χ0) is 13.7. The van der Waals surface area contributed by atoms with Gasteiger partial charge in [0.15, 0.2) is 0 Å². The van der Waals surface area contributed by atoms with E-state index in [-0.39, 0.29) is 5.91 Å². The number of aromatic nitrogens is 1. The van der Waals surface area contributed by atoms with E-state index in [1.54, 1.807) is 18.3 Å². The predicted molar refractivity (Wildman–Crippen MR) is 77.5 cm³/mol. The fourth-order valence-electron chi connectivity index (χ4n) is 1.75. The lowest BCUT2D eigenvalue weighted by atomic mass is 10.1. The van der Waals surface area contributed by atoms with Gasteiger partial charge in [0.2, 0.25) is 0 Å². The summed E-state index contributed by atoms with van der Waals surface area (Å²) in [7, 11) is 0. The number of carbonyl (C=O) groups excluding carboxylic acids is 1. The van der Waals surface area contributed by atoms with Crippen LogP contribution in [0.1, 0.15) is 22.8 Å². The third kappa shape index (κ3) is 3.31. The van der Waals surface area contributed by atoms with Gasteiger partial charge in [-0.25, -0.2) is 4.98 Å². The third-order valence-electron chi connectivity index (χ3n) is 2.69. The highest BCUT2D eigenvalue weighted by Gasteiger charge is 2.10. The summed E-state index contributed by atoms with van der Waals surface area (Å²) < 4.78 is 0. The van der Waals surface area contributed by atoms with Crippen LogP contribution in [0.3, 0.4) is 0 Å². The number of hydrogen-bond acceptors (Lipinski definition) is 3. The van der Waals surface area contributed by atoms with Gasteiger partial charge >= 0.3 is 0 Å². The van der Waals surface area contributed by atoms with Crippen molar-refractivity contribution in [2.45, 2.75) is 13.8 Å². The topological polar surface area (TPSA) is 54.0 Å². The number of nitrogens with zero attached hydrogens (tertiary/aromatic N) is 1. The molecule has 1 heterocycles. The van der Waals surface area contributed by atoms with Gasteiger partial charge in [-0.15, -0.1) is 0 Å². The first-order valence-electron chi connectivity index (χ1n) is 6.27. The number of benzene rings is 1. The van der Waals surface area contributed by atoms with Crippen LogP contribution in [0.2, 0.25) is 0 Å². The van der Waals surface area contributed by atoms with E-state index in [0.29, 0.717) is 11.4 Å². The molecule has 0 aliphatic rings. The highest BCUT2D eigenvalue weighted by molar-refractivity contribution is 6.07. The number of aryl methyl sites for hydroxylation is 1. The van der Waals surface area contributed by atoms with Crippen molar-refractivity contribution in [3.05, 3.63) is 53.7 Å². The van der Waals surface area contributed by atoms with Gasteiger partial charge < -0.3 is 10.6 Å². The summed E-state index contributed by atoms with van der Waals surface area (Å²) >= 11 is 0. The van der Waals surface area contributed by atoms with Crippen LogP contribution in [-0.4, -0.2) is 17.4 Å². The molecule has 0 aliphatic carbocycles. The minimum absolute atomic E-state index is 0.159. The Bertz CT molecular complexity index is 564. The second-order valence-electron chi connectivity index (χ2n) is 4.25. The lowest BCUT2D eigenvalue weighted by Gasteiger charge is -2.10. The molecule has 2 aromatic rings. The second-order valence-corrected chi connectivity index (χ2v) is 4.25. The van der Waals surface area contributed by atoms with Crippen molar-refractivity contribution < 1.29 is 4.79 Å². The van der Waals surface area contributed by atoms with Crippen molar-refractivity contribution in [2.75, 3.05) is 17.2 Å². The molecule has 98 valence electrons. The number of hydrogen-bond donors (Lipinski definition) is 2. The van der Waals surface area contributed by atoms with Gasteiger partial charge in [-0.1, -0.05) is 18.2 Å². The van der Waals surface area contributed by atoms with Gasteiger partial charge in [-0.2, -0.15) is 0 Å². The van der Waals surface area contributed by atoms with Gasteiger partial charge in [0.25, 0.3) is 5.91 Å². The van der Waals surface area contributed by atoms with Crippen LogP contribution >= 0.6 is 0 Å². The molecular weight excluding hydrogens is 238 g/mol. The Morgan fingerprint density at radius 2 is 2.00 bits per heavy atom. The Kier molecular flexibility index (Phi) is 4.13. The molecule has 0 unspecified atom stereocenters. The van der Waals surface area contributed by atoms with Crippen molar-refractivity contribution in [3.63, 3.8) is 0 Å². The number of para-hydroxylation sites is 1. The zero-order valence-corrected chi connectivity index (χ0v) is 11.1. The molecule has 0 aliphatic heterocycles. The monoisotopic (exact) mass is 255 g/mol. The smallest absolute Gasteiger partial charge is 0.258 e. The molecular formula is C15H17N3O. The molecule has 2 N–H and O–H groups in total. The van der Waals surface area contributed by atoms with E-state index in [2.05, 4.69) is 15.6 Å². The van der Waals surface area contributed by atoms with E-state index in [1.807, 2.05) is 38.1 Å². The van der Waals surface area contributed by atoms with Crippen LogP contribution < -0.4 is 10.6 Å². The highest BCUT2D eigenvalue weighted by atomic mass is 16.1. The van der Waals surface area contributed by atoms with E-state index >= 15 is 0 Å². The lowest BCUT2D eigenvalue weighted by Crippen LogP contribution is -2.15. The number of anilines is 2. The molecule has 19 heavy (non-hydrogen) atoms. The van der Waals surface area contributed by atoms with Crippen LogP contribution in [-0.2, 0) is 0 Å². The quantitative estimate of drug-likeness (QED) is 0.882. The predicted octanol–water partition coefficient (Wildman–Crippen LogP) is 3.07. The molecule has 1 amide bonds. The van der Waals surface area contributed by atoms with E-state index in [1.165, 1.54) is 0 Å². The van der Waals surface area contributed by atoms with Crippen LogP contribution in [0, 0.1) is 6.92 Å². The molecule has 1 aromatic carbocycles. The Labute approximate surface area is 112 Å². The van der Waals surface area contributed by atoms with Gasteiger partial charge in [0.05, 0.1) is 5.56 Å². The number of nitrogens with one attached hydrogen (secondary N) is 2. The van der Waals surface area contributed by atoms with Gasteiger partial charge in [0, 0.05) is 18.4 Å². The third-order valence-corrected chi connectivity index (χ3v) is 2.69. The van der Waals surface area contributed by atoms with Crippen LogP contribution in [0.15, 0.2) is 42.6 Å². The SMILES string of the molecule is CCNc1ccccc1C(=O)Nc1ccc(C)cn1. The first-order chi connectivity index (χ1) is 9.20. The van der Waals surface area contributed by atoms with Gasteiger partial charge in [-0.3, -0.25) is 4.79 Å². The Morgan fingerprint density at radius 1 is 1.21 bits per heavy atom. The van der Waals surface area contributed by atoms with Crippen molar-refractivity contribution in [2.24, 2.45) is 0 Å². The number of rotatable bonds is 4. The fourth-order valence-corrected chi connectivity index (χ4v) is 1.75. The molecule has 4 heteroatoms. The molecule has 0 fully saturated rings. The Hall–Kier alpha value is -2.36. The van der Waals surface area contributed by atoms with Crippen LogP contribution in [0.5, 0.6) is 0 Å². The molecule has 0 spiro atoms. The summed E-state index contributed by atoms with van der Waals surface area (Å²) in [5.74, 6) is 0.398. The van der Waals surface area contributed by atoms with Gasteiger partial charge in [-0.05, 0) is 37.6 Å². The molecule has 0 radical (unpaired) electrons. The maximum atomic E-state index is 12.2. The van der Waals surface area contributed by atoms with Crippen molar-refractivity contribution in [1.29, 1.82) is 0 Å². The molecule has 0 saturated heterocycles. The average molecular weight is 255 g/mol. The van der Waals surface area contributed by atoms with Crippen LogP contribution in [0.25, 0.3) is 0 Å². The minimum atomic E-state index is -0.159. The fraction of sp³-hybridized carbons (Fsp3) is 0.200. The van der Waals surface area contributed by atoms with Crippen LogP contribution in [0.4, 0.5) is 11.5 Å². The van der Waals surface area contributed by atoms with Crippen molar-refractivity contribution in [3.8, 4) is 0 Å². The molecule has 0 bridgehead atoms. The highest BCUT2D eigenvalue weighted by Crippen LogP contribution is 2.16. The first kappa shape index (κ1) is 13.1. The van der Waals surface area contributed by atoms with Gasteiger partial charge in [0.1, 0.15) is 5.82 Å². The summed E-state index contributed by atoms with van der Waals surface area (Å²) in [5.41, 5.74) is 2.51. The normalized spacial score (nSPS) is 10.0. The summed E-state index contributed by atoms with van der Waals surface area (Å²) in [6, 6.07) is 11.1. The second kappa shape index (κ2) is 6.00. The average Bonchev–Trinajstić information content (AvgIpc) is 2.42. The summed E-state index contributed by atoms with van der Waals surface area (Å²) in [6.45, 7) is 4.72. The molecule has 0 atom stereocenters. The molecule has 0 saturated carbocycles. The maximum absolute atomic E-state index is 12.2. The molecule has 1 aromatic heterocycles. The molecule has 4 nitrogen and oxygen atoms in total. The van der Waals surface area contributed by atoms with E-state index < -0.39 is 0 Å². The number of amides is 1. The standard InChI is InChI=1S/C15H17N3O/c1-3-16-13-7-5-4-6-12(13)15(19)18-14-9-8-11(2)10-17-14/h4-10,16H,3H2,1-2H3,(H,17,18,19). The van der Waals surface area contributed by atoms with Crippen molar-refractivity contribution >= 4 is 17.4 Å². The lowest BCUT2D eigenvalue weighted by molar-refractivity contribution is 0.102. The Balaban J connectivity index is 2.18. The Morgan fingerprint density at radius 3 is 2.68 bits per heavy atom. The van der Waals surface area contributed by atoms with E-state index in [0.717, 1.165) is 17.8 Å². The van der Waals surface area contributed by atoms with E-state index in [9.17, 15) is 4.79 Å². The van der Waals surface area contributed by atoms with E-state index in [4.69, 9.17) is 0 Å². The largest absolute Gasteiger partial charge is 0.385 e. The molecule has 2 rings (SSSR count). The number of carbonyl (C=O) groups is 1. The summed E-state index contributed by atoms with van der Waals surface area (Å²) in [6.07, 6.45) is 1.73. The number of pyridine rings is 1. The van der Waals surface area contributed by atoms with Crippen molar-refractivity contribution in [1.82, 2.24) is 4.98 Å². The first-order valence-corrected chi connectivity index (χ1v) is 6.27. The summed E-state index contributed by atoms with van der Waals surface area (Å²) in [5, 5.41) is 5.96. The summed E-state index contributed by atoms with van der Waals surface area (Å²) in [4.78, 5) is 16.4. The minimum Gasteiger partial charge on any atom is -0.385 e.